The summed E-state index contributed by atoms with van der Waals surface area (Å²) in [5, 5.41) is 8.26. The molecule has 0 atom stereocenters. The van der Waals surface area contributed by atoms with Crippen LogP contribution in [0.1, 0.15) is 36.5 Å². The van der Waals surface area contributed by atoms with Gasteiger partial charge < -0.3 is 0 Å². The smallest absolute Gasteiger partial charge is 0.160 e. The zero-order valence-corrected chi connectivity index (χ0v) is 27.3. The molecule has 0 bridgehead atoms. The maximum Gasteiger partial charge on any atom is 0.160 e. The molecular weight excluding hydrogens is 595 g/mol. The molecule has 0 amide bonds. The first-order valence-corrected chi connectivity index (χ1v) is 16.9. The number of rotatable bonds is 4. The largest absolute Gasteiger partial charge is 0.256 e. The van der Waals surface area contributed by atoms with E-state index in [0.29, 0.717) is 5.84 Å². The monoisotopic (exact) mass is 627 g/mol. The molecule has 3 nitrogen and oxygen atoms in total. The van der Waals surface area contributed by atoms with Crippen LogP contribution < -0.4 is 0 Å². The number of hydrogen-bond donors (Lipinski definition) is 0. The summed E-state index contributed by atoms with van der Waals surface area (Å²) in [5.74, 6) is 0.709. The number of amidine groups is 1. The molecule has 0 saturated carbocycles. The fourth-order valence-electron chi connectivity index (χ4n) is 7.24. The zero-order chi connectivity index (χ0) is 32.7. The molecule has 49 heavy (non-hydrogen) atoms. The van der Waals surface area contributed by atoms with E-state index in [-0.39, 0.29) is 0 Å². The van der Waals surface area contributed by atoms with E-state index < -0.39 is 0 Å². The van der Waals surface area contributed by atoms with Gasteiger partial charge in [0.1, 0.15) is 0 Å². The van der Waals surface area contributed by atoms with Gasteiger partial charge in [0.05, 0.1) is 16.9 Å². The molecule has 0 spiro atoms. The van der Waals surface area contributed by atoms with E-state index in [1.807, 2.05) is 12.3 Å². The van der Waals surface area contributed by atoms with Gasteiger partial charge in [-0.25, -0.2) is 9.98 Å². The van der Waals surface area contributed by atoms with Crippen molar-refractivity contribution >= 4 is 60.5 Å². The van der Waals surface area contributed by atoms with Gasteiger partial charge in [-0.05, 0) is 98.6 Å². The SMILES string of the molecule is C\C1=C(c2ccccc2)/N=C(c2cc3ncccc3c3c2ccc2ccccc23)\N=C(\c2ccc3cc(-c4ccccc4)ccc3c2)CC1. The molecule has 0 fully saturated rings. The van der Waals surface area contributed by atoms with Crippen molar-refractivity contribution in [2.24, 2.45) is 9.98 Å². The fraction of sp³-hybridized carbons (Fsp3) is 0.0652. The van der Waals surface area contributed by atoms with Crippen molar-refractivity contribution in [1.29, 1.82) is 0 Å². The maximum atomic E-state index is 5.50. The third-order valence-corrected chi connectivity index (χ3v) is 9.78. The molecule has 2 heterocycles. The van der Waals surface area contributed by atoms with Gasteiger partial charge in [0, 0.05) is 22.7 Å². The average Bonchev–Trinajstić information content (AvgIpc) is 3.16. The van der Waals surface area contributed by atoms with Gasteiger partial charge in [-0.3, -0.25) is 4.98 Å². The first-order valence-electron chi connectivity index (χ1n) is 16.9. The van der Waals surface area contributed by atoms with E-state index in [1.165, 1.54) is 43.6 Å². The number of benzene rings is 7. The molecule has 0 saturated heterocycles. The second-order valence-corrected chi connectivity index (χ2v) is 12.8. The quantitative estimate of drug-likeness (QED) is 0.179. The number of pyridine rings is 1. The van der Waals surface area contributed by atoms with Gasteiger partial charge in [0.25, 0.3) is 0 Å². The Hall–Kier alpha value is -6.19. The highest BCUT2D eigenvalue weighted by Gasteiger charge is 2.20. The first kappa shape index (κ1) is 29.0. The molecule has 8 aromatic rings. The van der Waals surface area contributed by atoms with E-state index in [0.717, 1.165) is 57.2 Å². The minimum absolute atomic E-state index is 0.709. The Morgan fingerprint density at radius 2 is 1.14 bits per heavy atom. The summed E-state index contributed by atoms with van der Waals surface area (Å²) in [6.45, 7) is 2.21. The van der Waals surface area contributed by atoms with E-state index in [9.17, 15) is 0 Å². The minimum Gasteiger partial charge on any atom is -0.256 e. The second kappa shape index (κ2) is 12.1. The van der Waals surface area contributed by atoms with Crippen molar-refractivity contribution in [3.63, 3.8) is 0 Å². The lowest BCUT2D eigenvalue weighted by atomic mass is 9.93. The number of fused-ring (bicyclic) bond motifs is 6. The summed E-state index contributed by atoms with van der Waals surface area (Å²) in [4.78, 5) is 15.8. The van der Waals surface area contributed by atoms with Crippen molar-refractivity contribution in [2.45, 2.75) is 19.8 Å². The topological polar surface area (TPSA) is 37.6 Å². The average molecular weight is 628 g/mol. The van der Waals surface area contributed by atoms with Crippen molar-refractivity contribution in [2.75, 3.05) is 0 Å². The highest BCUT2D eigenvalue weighted by atomic mass is 14.9. The van der Waals surface area contributed by atoms with Crippen LogP contribution in [-0.4, -0.2) is 16.5 Å². The number of aromatic nitrogens is 1. The molecule has 0 N–H and O–H groups in total. The van der Waals surface area contributed by atoms with Crippen LogP contribution in [0.15, 0.2) is 173 Å². The Morgan fingerprint density at radius 3 is 1.96 bits per heavy atom. The van der Waals surface area contributed by atoms with E-state index in [2.05, 4.69) is 153 Å². The summed E-state index contributed by atoms with van der Waals surface area (Å²) in [6, 6.07) is 53.9. The zero-order valence-electron chi connectivity index (χ0n) is 27.3. The van der Waals surface area contributed by atoms with Crippen LogP contribution in [-0.2, 0) is 0 Å². The highest BCUT2D eigenvalue weighted by Crippen LogP contribution is 2.36. The molecule has 1 aliphatic heterocycles. The van der Waals surface area contributed by atoms with Gasteiger partial charge in [-0.15, -0.1) is 0 Å². The lowest BCUT2D eigenvalue weighted by Gasteiger charge is -2.18. The molecule has 9 rings (SSSR count). The predicted molar refractivity (Wildman–Crippen MR) is 207 cm³/mol. The lowest BCUT2D eigenvalue weighted by molar-refractivity contribution is 1.00. The Kier molecular flexibility index (Phi) is 7.17. The molecule has 1 aliphatic rings. The standard InChI is InChI=1S/C46H33N3/c1-30-18-25-42(37-22-21-35-27-34(19-20-36(35)28-37)31-11-4-2-5-12-31)48-46(49-45(30)33-14-6-3-7-15-33)41-29-43-40(17-10-26-47-43)44-38-16-9-8-13-32(38)23-24-39(41)44/h2-17,19-24,26-29H,18,25H2,1H3/b45-30+,48-42+,49-46-. The van der Waals surface area contributed by atoms with E-state index in [4.69, 9.17) is 15.0 Å². The summed E-state index contributed by atoms with van der Waals surface area (Å²) in [7, 11) is 0. The Balaban J connectivity index is 1.27. The normalized spacial score (nSPS) is 17.4. The van der Waals surface area contributed by atoms with Gasteiger partial charge in [-0.2, -0.15) is 0 Å². The number of allylic oxidation sites excluding steroid dienone is 1. The van der Waals surface area contributed by atoms with Crippen LogP contribution in [0.5, 0.6) is 0 Å². The van der Waals surface area contributed by atoms with E-state index >= 15 is 0 Å². The first-order chi connectivity index (χ1) is 24.2. The van der Waals surface area contributed by atoms with Crippen LogP contribution in [0.3, 0.4) is 0 Å². The van der Waals surface area contributed by atoms with Crippen molar-refractivity contribution in [1.82, 2.24) is 4.98 Å². The highest BCUT2D eigenvalue weighted by molar-refractivity contribution is 6.27. The maximum absolute atomic E-state index is 5.50. The van der Waals surface area contributed by atoms with E-state index in [1.54, 1.807) is 0 Å². The fourth-order valence-corrected chi connectivity index (χ4v) is 7.24. The number of aliphatic imine (C=N–C) groups is 2. The summed E-state index contributed by atoms with van der Waals surface area (Å²) < 4.78 is 0. The van der Waals surface area contributed by atoms with Crippen LogP contribution >= 0.6 is 0 Å². The molecule has 7 aromatic carbocycles. The van der Waals surface area contributed by atoms with Gasteiger partial charge in [0.15, 0.2) is 5.84 Å². The van der Waals surface area contributed by atoms with Gasteiger partial charge in [0.2, 0.25) is 0 Å². The molecule has 3 heteroatoms. The molecule has 0 aliphatic carbocycles. The Morgan fingerprint density at radius 1 is 0.469 bits per heavy atom. The Labute approximate surface area is 285 Å². The molecule has 0 radical (unpaired) electrons. The summed E-state index contributed by atoms with van der Waals surface area (Å²) >= 11 is 0. The van der Waals surface area contributed by atoms with Crippen LogP contribution in [0.25, 0.3) is 60.0 Å². The van der Waals surface area contributed by atoms with Crippen molar-refractivity contribution in [3.05, 3.63) is 180 Å². The summed E-state index contributed by atoms with van der Waals surface area (Å²) in [5.41, 5.74) is 9.86. The van der Waals surface area contributed by atoms with Crippen LogP contribution in [0.2, 0.25) is 0 Å². The molecule has 232 valence electrons. The summed E-state index contributed by atoms with van der Waals surface area (Å²) in [6.07, 6.45) is 3.55. The van der Waals surface area contributed by atoms with Crippen molar-refractivity contribution < 1.29 is 0 Å². The molecular formula is C46H33N3. The van der Waals surface area contributed by atoms with Crippen molar-refractivity contribution in [3.8, 4) is 11.1 Å². The minimum atomic E-state index is 0.709. The number of hydrogen-bond acceptors (Lipinski definition) is 3. The van der Waals surface area contributed by atoms with Gasteiger partial charge in [-0.1, -0.05) is 127 Å². The molecule has 1 aromatic heterocycles. The van der Waals surface area contributed by atoms with Crippen LogP contribution in [0, 0.1) is 0 Å². The lowest BCUT2D eigenvalue weighted by Crippen LogP contribution is -2.11. The molecule has 0 unspecified atom stereocenters. The van der Waals surface area contributed by atoms with Crippen LogP contribution in [0.4, 0.5) is 0 Å². The third-order valence-electron chi connectivity index (χ3n) is 9.78. The number of nitrogens with zero attached hydrogens (tertiary/aromatic N) is 3. The second-order valence-electron chi connectivity index (χ2n) is 12.8. The predicted octanol–water partition coefficient (Wildman–Crippen LogP) is 11.8. The Bertz CT molecular complexity index is 2630. The van der Waals surface area contributed by atoms with Gasteiger partial charge >= 0.3 is 0 Å². The third kappa shape index (κ3) is 5.30.